The number of nitrogens with zero attached hydrogens (tertiary/aromatic N) is 1. The van der Waals surface area contributed by atoms with Gasteiger partial charge in [0.15, 0.2) is 0 Å². The van der Waals surface area contributed by atoms with Crippen LogP contribution in [0.15, 0.2) is 29.3 Å². The van der Waals surface area contributed by atoms with Crippen molar-refractivity contribution >= 4 is 11.6 Å². The van der Waals surface area contributed by atoms with Crippen molar-refractivity contribution in [3.63, 3.8) is 0 Å². The lowest BCUT2D eigenvalue weighted by Crippen LogP contribution is -2.28. The van der Waals surface area contributed by atoms with E-state index in [1.54, 1.807) is 6.92 Å². The van der Waals surface area contributed by atoms with Gasteiger partial charge in [-0.05, 0) is 44.7 Å². The minimum atomic E-state index is 0.168. The summed E-state index contributed by atoms with van der Waals surface area (Å²) in [6, 6.07) is 8.36. The molecule has 0 unspecified atom stereocenters. The Balaban J connectivity index is 0.000000217. The van der Waals surface area contributed by atoms with Gasteiger partial charge >= 0.3 is 0 Å². The van der Waals surface area contributed by atoms with Crippen LogP contribution in [0.3, 0.4) is 0 Å². The van der Waals surface area contributed by atoms with Crippen molar-refractivity contribution in [2.75, 3.05) is 13.1 Å². The highest BCUT2D eigenvalue weighted by molar-refractivity contribution is 5.87. The number of hydrogen-bond donors (Lipinski definition) is 1. The number of carbonyl (C=O) groups excluding carboxylic acids is 1. The molecule has 0 radical (unpaired) electrons. The molecule has 3 heteroatoms. The molecule has 0 saturated carbocycles. The van der Waals surface area contributed by atoms with E-state index in [1.165, 1.54) is 30.4 Å². The number of hydrogen-bond acceptors (Lipinski definition) is 3. The van der Waals surface area contributed by atoms with E-state index >= 15 is 0 Å². The predicted octanol–water partition coefficient (Wildman–Crippen LogP) is 3.44. The molecule has 0 fully saturated rings. The van der Waals surface area contributed by atoms with Gasteiger partial charge in [-0.25, -0.2) is 0 Å². The number of amidine groups is 1. The number of nitrogens with one attached hydrogen (secondary N) is 1. The van der Waals surface area contributed by atoms with E-state index in [9.17, 15) is 4.79 Å². The van der Waals surface area contributed by atoms with Gasteiger partial charge in [-0.1, -0.05) is 30.7 Å². The maximum absolute atomic E-state index is 10.7. The van der Waals surface area contributed by atoms with E-state index in [0.29, 0.717) is 6.54 Å². The van der Waals surface area contributed by atoms with Crippen molar-refractivity contribution in [3.05, 3.63) is 35.4 Å². The van der Waals surface area contributed by atoms with Gasteiger partial charge in [0.2, 0.25) is 0 Å². The zero-order valence-corrected chi connectivity index (χ0v) is 12.9. The normalized spacial score (nSPS) is 14.4. The Morgan fingerprint density at radius 1 is 1.15 bits per heavy atom. The maximum Gasteiger partial charge on any atom is 0.148 e. The van der Waals surface area contributed by atoms with Gasteiger partial charge in [0, 0.05) is 13.0 Å². The molecule has 0 saturated heterocycles. The molecule has 1 aromatic rings. The fourth-order valence-corrected chi connectivity index (χ4v) is 1.91. The molecular weight excluding hydrogens is 248 g/mol. The van der Waals surface area contributed by atoms with Gasteiger partial charge in [-0.3, -0.25) is 9.79 Å². The van der Waals surface area contributed by atoms with Crippen molar-refractivity contribution < 1.29 is 4.79 Å². The number of rotatable bonds is 2. The van der Waals surface area contributed by atoms with E-state index in [-0.39, 0.29) is 5.78 Å². The molecule has 0 aromatic heterocycles. The van der Waals surface area contributed by atoms with Crippen LogP contribution in [0.4, 0.5) is 0 Å². The number of aliphatic imine (C=N–C) groups is 1. The Hall–Kier alpha value is -1.64. The third-order valence-corrected chi connectivity index (χ3v) is 3.34. The molecule has 110 valence electrons. The van der Waals surface area contributed by atoms with E-state index in [4.69, 9.17) is 0 Å². The smallest absolute Gasteiger partial charge is 0.148 e. The number of carbonyl (C=O) groups is 1. The van der Waals surface area contributed by atoms with Crippen molar-refractivity contribution in [2.45, 2.75) is 46.5 Å². The zero-order chi connectivity index (χ0) is 14.8. The van der Waals surface area contributed by atoms with Crippen LogP contribution in [0.25, 0.3) is 0 Å². The Morgan fingerprint density at radius 2 is 1.80 bits per heavy atom. The highest BCUT2D eigenvalue weighted by atomic mass is 16.1. The van der Waals surface area contributed by atoms with Crippen molar-refractivity contribution in [3.8, 4) is 0 Å². The van der Waals surface area contributed by atoms with E-state index < -0.39 is 0 Å². The summed E-state index contributed by atoms with van der Waals surface area (Å²) in [6.45, 7) is 7.17. The summed E-state index contributed by atoms with van der Waals surface area (Å²) >= 11 is 0. The molecule has 0 bridgehead atoms. The second-order valence-electron chi connectivity index (χ2n) is 5.28. The molecule has 1 aliphatic heterocycles. The van der Waals surface area contributed by atoms with Crippen molar-refractivity contribution in [1.29, 1.82) is 0 Å². The van der Waals surface area contributed by atoms with Gasteiger partial charge in [-0.15, -0.1) is 0 Å². The molecule has 0 spiro atoms. The highest BCUT2D eigenvalue weighted by Crippen LogP contribution is 2.05. The van der Waals surface area contributed by atoms with Crippen LogP contribution in [0.5, 0.6) is 0 Å². The van der Waals surface area contributed by atoms with E-state index in [1.807, 2.05) is 0 Å². The summed E-state index contributed by atoms with van der Waals surface area (Å²) in [6.07, 6.45) is 4.65. The number of ketones is 1. The molecule has 1 aliphatic rings. The van der Waals surface area contributed by atoms with Crippen molar-refractivity contribution in [1.82, 2.24) is 5.32 Å². The molecule has 1 N–H and O–H groups in total. The second kappa shape index (κ2) is 9.29. The van der Waals surface area contributed by atoms with Crippen LogP contribution in [-0.2, 0) is 4.79 Å². The Labute approximate surface area is 122 Å². The number of benzene rings is 1. The lowest BCUT2D eigenvalue weighted by atomic mass is 10.1. The molecule has 2 rings (SSSR count). The van der Waals surface area contributed by atoms with Crippen LogP contribution in [0.1, 0.15) is 43.7 Å². The van der Waals surface area contributed by atoms with E-state index in [2.05, 4.69) is 48.4 Å². The minimum absolute atomic E-state index is 0.168. The van der Waals surface area contributed by atoms with Gasteiger partial charge in [-0.2, -0.15) is 0 Å². The first-order chi connectivity index (χ1) is 9.59. The van der Waals surface area contributed by atoms with Crippen LogP contribution in [0.2, 0.25) is 0 Å². The summed E-state index contributed by atoms with van der Waals surface area (Å²) in [5.74, 6) is 1.18. The first-order valence-corrected chi connectivity index (χ1v) is 7.38. The van der Waals surface area contributed by atoms with Gasteiger partial charge in [0.05, 0.1) is 12.4 Å². The fraction of sp³-hybridized carbons (Fsp3) is 0.529. The van der Waals surface area contributed by atoms with Gasteiger partial charge < -0.3 is 5.32 Å². The van der Waals surface area contributed by atoms with Crippen LogP contribution < -0.4 is 5.32 Å². The predicted molar refractivity (Wildman–Crippen MR) is 85.4 cm³/mol. The first kappa shape index (κ1) is 16.4. The Bertz CT molecular complexity index is 431. The molecule has 1 heterocycles. The molecule has 0 amide bonds. The largest absolute Gasteiger partial charge is 0.367 e. The van der Waals surface area contributed by atoms with Gasteiger partial charge in [0.1, 0.15) is 5.78 Å². The molecule has 1 aromatic carbocycles. The average Bonchev–Trinajstić information content (AvgIpc) is 2.69. The summed E-state index contributed by atoms with van der Waals surface area (Å²) in [5, 5.41) is 3.06. The molecule has 0 atom stereocenters. The van der Waals surface area contributed by atoms with Crippen molar-refractivity contribution in [2.24, 2.45) is 4.99 Å². The fourth-order valence-electron chi connectivity index (χ4n) is 1.91. The standard InChI is InChI=1S/C9H16N2O.C8H10/c1-8(12)7-11-9-5-3-2-4-6-10-9;1-7-5-3-4-6-8(7)2/h2-7H2,1H3,(H,10,11);3-6H,1-2H3. The van der Waals surface area contributed by atoms with E-state index in [0.717, 1.165) is 18.8 Å². The third-order valence-electron chi connectivity index (χ3n) is 3.34. The zero-order valence-electron chi connectivity index (χ0n) is 12.9. The summed E-state index contributed by atoms with van der Waals surface area (Å²) < 4.78 is 0. The monoisotopic (exact) mass is 274 g/mol. The molecule has 20 heavy (non-hydrogen) atoms. The Kier molecular flexibility index (Phi) is 7.63. The maximum atomic E-state index is 10.7. The van der Waals surface area contributed by atoms with Crippen LogP contribution in [-0.4, -0.2) is 24.7 Å². The minimum Gasteiger partial charge on any atom is -0.367 e. The number of aryl methyl sites for hydroxylation is 2. The van der Waals surface area contributed by atoms with Crippen LogP contribution >= 0.6 is 0 Å². The first-order valence-electron chi connectivity index (χ1n) is 7.38. The highest BCUT2D eigenvalue weighted by Gasteiger charge is 2.03. The van der Waals surface area contributed by atoms with Crippen LogP contribution in [0, 0.1) is 13.8 Å². The summed E-state index contributed by atoms with van der Waals surface area (Å²) in [5.41, 5.74) is 2.74. The quantitative estimate of drug-likeness (QED) is 0.897. The SMILES string of the molecule is CC(=O)CNC1=NCCCCC1.Cc1ccccc1C. The lowest BCUT2D eigenvalue weighted by Gasteiger charge is -2.04. The summed E-state index contributed by atoms with van der Waals surface area (Å²) in [7, 11) is 0. The number of Topliss-reactive ketones (excluding diaryl/α,β-unsaturated/α-hetero) is 1. The summed E-state index contributed by atoms with van der Waals surface area (Å²) in [4.78, 5) is 15.0. The topological polar surface area (TPSA) is 41.5 Å². The third kappa shape index (κ3) is 7.07. The van der Waals surface area contributed by atoms with Gasteiger partial charge in [0.25, 0.3) is 0 Å². The lowest BCUT2D eigenvalue weighted by molar-refractivity contribution is -0.115. The molecule has 3 nitrogen and oxygen atoms in total. The average molecular weight is 274 g/mol. The molecular formula is C17H26N2O. The second-order valence-corrected chi connectivity index (χ2v) is 5.28. The molecule has 0 aliphatic carbocycles. The Morgan fingerprint density at radius 3 is 2.35 bits per heavy atom.